The van der Waals surface area contributed by atoms with Crippen LogP contribution in [0.25, 0.3) is 16.9 Å². The number of nitrogens with zero attached hydrogens (tertiary/aromatic N) is 2. The van der Waals surface area contributed by atoms with E-state index in [4.69, 9.17) is 32.7 Å². The molecular formula is C19H14Cl2N2O4. The van der Waals surface area contributed by atoms with Crippen LogP contribution in [0, 0.1) is 0 Å². The van der Waals surface area contributed by atoms with E-state index >= 15 is 0 Å². The molecule has 0 aliphatic rings. The molecule has 8 heteroatoms. The van der Waals surface area contributed by atoms with Gasteiger partial charge in [-0.25, -0.2) is 14.3 Å². The van der Waals surface area contributed by atoms with Gasteiger partial charge in [0.1, 0.15) is 11.3 Å². The van der Waals surface area contributed by atoms with E-state index in [1.54, 1.807) is 42.5 Å². The van der Waals surface area contributed by atoms with Gasteiger partial charge in [-0.05, 0) is 30.3 Å². The number of hydrogen-bond acceptors (Lipinski definition) is 5. The molecule has 0 unspecified atom stereocenters. The fourth-order valence-electron chi connectivity index (χ4n) is 2.65. The number of carbonyl (C=O) groups is 2. The summed E-state index contributed by atoms with van der Waals surface area (Å²) in [6.45, 7) is 0. The largest absolute Gasteiger partial charge is 0.465 e. The first kappa shape index (κ1) is 18.9. The van der Waals surface area contributed by atoms with Crippen LogP contribution in [-0.2, 0) is 9.47 Å². The molecule has 0 saturated heterocycles. The van der Waals surface area contributed by atoms with Crippen LogP contribution >= 0.6 is 23.2 Å². The summed E-state index contributed by atoms with van der Waals surface area (Å²) in [5, 5.41) is 5.19. The van der Waals surface area contributed by atoms with E-state index in [1.807, 2.05) is 6.07 Å². The topological polar surface area (TPSA) is 70.4 Å². The van der Waals surface area contributed by atoms with Gasteiger partial charge in [0, 0.05) is 15.6 Å². The molecule has 6 nitrogen and oxygen atoms in total. The second-order valence-corrected chi connectivity index (χ2v) is 6.33. The van der Waals surface area contributed by atoms with E-state index in [0.29, 0.717) is 21.3 Å². The van der Waals surface area contributed by atoms with E-state index in [2.05, 4.69) is 5.10 Å². The normalized spacial score (nSPS) is 10.5. The van der Waals surface area contributed by atoms with Crippen LogP contribution < -0.4 is 0 Å². The van der Waals surface area contributed by atoms with Gasteiger partial charge in [0.05, 0.1) is 19.9 Å². The van der Waals surface area contributed by atoms with Crippen molar-refractivity contribution >= 4 is 35.1 Å². The number of ether oxygens (including phenoxy) is 2. The summed E-state index contributed by atoms with van der Waals surface area (Å²) in [5.41, 5.74) is 1.15. The van der Waals surface area contributed by atoms with Gasteiger partial charge in [-0.15, -0.1) is 0 Å². The molecule has 0 saturated carbocycles. The number of aromatic nitrogens is 2. The van der Waals surface area contributed by atoms with Crippen LogP contribution in [0.1, 0.15) is 20.8 Å². The van der Waals surface area contributed by atoms with E-state index in [0.717, 1.165) is 0 Å². The van der Waals surface area contributed by atoms with Crippen LogP contribution in [-0.4, -0.2) is 35.9 Å². The quantitative estimate of drug-likeness (QED) is 0.601. The molecule has 138 valence electrons. The average Bonchev–Trinajstić information content (AvgIpc) is 3.07. The van der Waals surface area contributed by atoms with Gasteiger partial charge < -0.3 is 9.47 Å². The minimum atomic E-state index is -0.733. The number of esters is 2. The van der Waals surface area contributed by atoms with Gasteiger partial charge in [0.25, 0.3) is 0 Å². The molecule has 2 aromatic carbocycles. The van der Waals surface area contributed by atoms with Crippen LogP contribution in [0.5, 0.6) is 0 Å². The molecule has 1 heterocycles. The van der Waals surface area contributed by atoms with E-state index in [9.17, 15) is 9.59 Å². The molecule has 0 amide bonds. The zero-order chi connectivity index (χ0) is 19.6. The lowest BCUT2D eigenvalue weighted by Crippen LogP contribution is -2.15. The highest BCUT2D eigenvalue weighted by atomic mass is 35.5. The van der Waals surface area contributed by atoms with E-state index < -0.39 is 11.9 Å². The summed E-state index contributed by atoms with van der Waals surface area (Å²) < 4.78 is 11.1. The lowest BCUT2D eigenvalue weighted by molar-refractivity contribution is 0.0549. The standard InChI is InChI=1S/C19H14Cl2N2O4/c1-26-18(24)15-16(11-8-12(20)10-13(21)9-11)22-23(17(15)19(25)27-2)14-6-4-3-5-7-14/h3-10H,1-2H3. The van der Waals surface area contributed by atoms with Gasteiger partial charge >= 0.3 is 11.9 Å². The Labute approximate surface area is 165 Å². The predicted molar refractivity (Wildman–Crippen MR) is 102 cm³/mol. The SMILES string of the molecule is COC(=O)c1c(-c2cc(Cl)cc(Cl)c2)nn(-c2ccccc2)c1C(=O)OC. The lowest BCUT2D eigenvalue weighted by Gasteiger charge is -2.07. The van der Waals surface area contributed by atoms with Crippen LogP contribution in [0.3, 0.4) is 0 Å². The molecule has 3 aromatic rings. The van der Waals surface area contributed by atoms with Crippen LogP contribution in [0.15, 0.2) is 48.5 Å². The fraction of sp³-hybridized carbons (Fsp3) is 0.105. The van der Waals surface area contributed by atoms with Gasteiger partial charge in [-0.2, -0.15) is 5.10 Å². The number of benzene rings is 2. The Hall–Kier alpha value is -2.83. The first-order chi connectivity index (χ1) is 13.0. The molecule has 0 aliphatic carbocycles. The number of methoxy groups -OCH3 is 2. The highest BCUT2D eigenvalue weighted by Crippen LogP contribution is 2.32. The average molecular weight is 405 g/mol. The maximum atomic E-state index is 12.5. The first-order valence-corrected chi connectivity index (χ1v) is 8.53. The molecule has 1 aromatic heterocycles. The first-order valence-electron chi connectivity index (χ1n) is 7.77. The minimum Gasteiger partial charge on any atom is -0.465 e. The third kappa shape index (κ3) is 3.67. The second-order valence-electron chi connectivity index (χ2n) is 5.46. The summed E-state index contributed by atoms with van der Waals surface area (Å²) in [5.74, 6) is -1.46. The molecule has 3 rings (SSSR count). The minimum absolute atomic E-state index is 0.0356. The second kappa shape index (κ2) is 7.82. The summed E-state index contributed by atoms with van der Waals surface area (Å²) in [7, 11) is 2.44. The van der Waals surface area contributed by atoms with Crippen LogP contribution in [0.2, 0.25) is 10.0 Å². The van der Waals surface area contributed by atoms with Crippen molar-refractivity contribution in [3.05, 3.63) is 69.8 Å². The predicted octanol–water partition coefficient (Wildman–Crippen LogP) is 4.42. The summed E-state index contributed by atoms with van der Waals surface area (Å²) in [4.78, 5) is 25.0. The monoisotopic (exact) mass is 404 g/mol. The zero-order valence-corrected chi connectivity index (χ0v) is 15.9. The molecule has 0 bridgehead atoms. The molecule has 27 heavy (non-hydrogen) atoms. The van der Waals surface area contributed by atoms with Gasteiger partial charge in [-0.1, -0.05) is 41.4 Å². The summed E-state index contributed by atoms with van der Waals surface area (Å²) in [6.07, 6.45) is 0. The Morgan fingerprint density at radius 2 is 1.52 bits per heavy atom. The summed E-state index contributed by atoms with van der Waals surface area (Å²) in [6, 6.07) is 13.6. The van der Waals surface area contributed by atoms with Gasteiger partial charge in [0.15, 0.2) is 5.69 Å². The molecular weight excluding hydrogens is 391 g/mol. The van der Waals surface area contributed by atoms with Gasteiger partial charge in [-0.3, -0.25) is 0 Å². The van der Waals surface area contributed by atoms with Crippen molar-refractivity contribution in [2.24, 2.45) is 0 Å². The van der Waals surface area contributed by atoms with Crippen molar-refractivity contribution in [3.8, 4) is 16.9 Å². The van der Waals surface area contributed by atoms with Gasteiger partial charge in [0.2, 0.25) is 0 Å². The molecule has 0 atom stereocenters. The number of hydrogen-bond donors (Lipinski definition) is 0. The third-order valence-electron chi connectivity index (χ3n) is 3.79. The maximum Gasteiger partial charge on any atom is 0.357 e. The van der Waals surface area contributed by atoms with Crippen molar-refractivity contribution < 1.29 is 19.1 Å². The van der Waals surface area contributed by atoms with E-state index in [1.165, 1.54) is 18.9 Å². The highest BCUT2D eigenvalue weighted by molar-refractivity contribution is 6.35. The molecule has 0 fully saturated rings. The maximum absolute atomic E-state index is 12.5. The Bertz CT molecular complexity index is 996. The number of rotatable bonds is 4. The smallest absolute Gasteiger partial charge is 0.357 e. The number of halogens is 2. The Kier molecular flexibility index (Phi) is 5.48. The molecule has 0 radical (unpaired) electrons. The molecule has 0 spiro atoms. The molecule has 0 N–H and O–H groups in total. The van der Waals surface area contributed by atoms with E-state index in [-0.39, 0.29) is 17.0 Å². The van der Waals surface area contributed by atoms with Crippen LogP contribution in [0.4, 0.5) is 0 Å². The van der Waals surface area contributed by atoms with Crippen molar-refractivity contribution in [1.82, 2.24) is 9.78 Å². The lowest BCUT2D eigenvalue weighted by atomic mass is 10.1. The van der Waals surface area contributed by atoms with Crippen molar-refractivity contribution in [2.75, 3.05) is 14.2 Å². The summed E-state index contributed by atoms with van der Waals surface area (Å²) >= 11 is 12.2. The van der Waals surface area contributed by atoms with Crippen molar-refractivity contribution in [3.63, 3.8) is 0 Å². The van der Waals surface area contributed by atoms with Crippen molar-refractivity contribution in [1.29, 1.82) is 0 Å². The number of carbonyl (C=O) groups excluding carboxylic acids is 2. The Balaban J connectivity index is 2.38. The zero-order valence-electron chi connectivity index (χ0n) is 14.4. The third-order valence-corrected chi connectivity index (χ3v) is 4.23. The number of para-hydroxylation sites is 1. The highest BCUT2D eigenvalue weighted by Gasteiger charge is 2.31. The fourth-order valence-corrected chi connectivity index (χ4v) is 3.17. The van der Waals surface area contributed by atoms with Crippen molar-refractivity contribution in [2.45, 2.75) is 0 Å². The molecule has 0 aliphatic heterocycles. The Morgan fingerprint density at radius 1 is 0.926 bits per heavy atom. The Morgan fingerprint density at radius 3 is 2.07 bits per heavy atom.